The van der Waals surface area contributed by atoms with Gasteiger partial charge in [0.15, 0.2) is 5.69 Å². The Labute approximate surface area is 120 Å². The molecular formula is C15H14N2O4. The van der Waals surface area contributed by atoms with Gasteiger partial charge in [-0.15, -0.1) is 0 Å². The van der Waals surface area contributed by atoms with Gasteiger partial charge in [0, 0.05) is 6.20 Å². The van der Waals surface area contributed by atoms with Crippen molar-refractivity contribution in [3.05, 3.63) is 34.6 Å². The number of carboxylic acids is 2. The predicted octanol–water partition coefficient (Wildman–Crippen LogP) is 2.49. The fourth-order valence-corrected chi connectivity index (χ4v) is 3.08. The summed E-state index contributed by atoms with van der Waals surface area (Å²) in [7, 11) is 0. The van der Waals surface area contributed by atoms with Crippen LogP contribution in [0, 0.1) is 0 Å². The molecule has 108 valence electrons. The zero-order valence-electron chi connectivity index (χ0n) is 11.2. The maximum atomic E-state index is 11.6. The highest BCUT2D eigenvalue weighted by Gasteiger charge is 2.37. The zero-order valence-corrected chi connectivity index (χ0v) is 11.2. The zero-order chi connectivity index (χ0) is 14.7. The minimum atomic E-state index is -1.30. The Hall–Kier alpha value is -2.37. The van der Waals surface area contributed by atoms with Gasteiger partial charge in [-0.3, -0.25) is 0 Å². The van der Waals surface area contributed by atoms with Gasteiger partial charge in [-0.1, -0.05) is 0 Å². The van der Waals surface area contributed by atoms with E-state index in [4.69, 9.17) is 0 Å². The number of rotatable bonds is 4. The van der Waals surface area contributed by atoms with E-state index in [1.54, 1.807) is 6.20 Å². The van der Waals surface area contributed by atoms with Crippen LogP contribution in [0.4, 0.5) is 0 Å². The van der Waals surface area contributed by atoms with Crippen LogP contribution >= 0.6 is 0 Å². The number of aromatic nitrogens is 2. The average Bonchev–Trinajstić information content (AvgIpc) is 3.31. The van der Waals surface area contributed by atoms with Crippen molar-refractivity contribution < 1.29 is 19.8 Å². The first-order valence-corrected chi connectivity index (χ1v) is 7.09. The lowest BCUT2D eigenvalue weighted by molar-refractivity contribution is 0.0649. The summed E-state index contributed by atoms with van der Waals surface area (Å²) in [5, 5.41) is 22.6. The molecule has 0 saturated heterocycles. The van der Waals surface area contributed by atoms with Crippen LogP contribution in [0.25, 0.3) is 5.52 Å². The molecule has 6 nitrogen and oxygen atoms in total. The maximum Gasteiger partial charge on any atom is 0.357 e. The summed E-state index contributed by atoms with van der Waals surface area (Å²) in [4.78, 5) is 22.9. The van der Waals surface area contributed by atoms with Crippen LogP contribution in [0.3, 0.4) is 0 Å². The highest BCUT2D eigenvalue weighted by Crippen LogP contribution is 2.51. The molecule has 0 bridgehead atoms. The van der Waals surface area contributed by atoms with Crippen molar-refractivity contribution in [2.24, 2.45) is 0 Å². The highest BCUT2D eigenvalue weighted by molar-refractivity contribution is 6.06. The Morgan fingerprint density at radius 2 is 1.76 bits per heavy atom. The first-order valence-electron chi connectivity index (χ1n) is 7.09. The van der Waals surface area contributed by atoms with E-state index < -0.39 is 11.9 Å². The Balaban J connectivity index is 2.09. The molecular weight excluding hydrogens is 272 g/mol. The SMILES string of the molecule is O=C(O)c1nn2ccc(C3CC3)c(C3CC3)c2c1C(=O)O. The molecule has 2 aliphatic rings. The molecule has 0 unspecified atom stereocenters. The van der Waals surface area contributed by atoms with Gasteiger partial charge in [0.25, 0.3) is 0 Å². The summed E-state index contributed by atoms with van der Waals surface area (Å²) in [6.45, 7) is 0. The van der Waals surface area contributed by atoms with Crippen molar-refractivity contribution in [2.45, 2.75) is 37.5 Å². The van der Waals surface area contributed by atoms with Crippen molar-refractivity contribution >= 4 is 17.5 Å². The van der Waals surface area contributed by atoms with Gasteiger partial charge in [-0.25, -0.2) is 14.1 Å². The van der Waals surface area contributed by atoms with Crippen molar-refractivity contribution in [1.29, 1.82) is 0 Å². The molecule has 2 aromatic heterocycles. The molecule has 2 fully saturated rings. The monoisotopic (exact) mass is 286 g/mol. The molecule has 0 amide bonds. The molecule has 6 heteroatoms. The van der Waals surface area contributed by atoms with Crippen LogP contribution in [0.15, 0.2) is 12.3 Å². The van der Waals surface area contributed by atoms with E-state index in [9.17, 15) is 19.8 Å². The van der Waals surface area contributed by atoms with Gasteiger partial charge < -0.3 is 10.2 Å². The van der Waals surface area contributed by atoms with Crippen LogP contribution in [0.5, 0.6) is 0 Å². The van der Waals surface area contributed by atoms with Gasteiger partial charge in [-0.2, -0.15) is 5.10 Å². The Bertz CT molecular complexity index is 785. The lowest BCUT2D eigenvalue weighted by Crippen LogP contribution is -2.07. The average molecular weight is 286 g/mol. The van der Waals surface area contributed by atoms with Gasteiger partial charge in [0.2, 0.25) is 0 Å². The number of carbonyl (C=O) groups is 2. The molecule has 4 rings (SSSR count). The summed E-state index contributed by atoms with van der Waals surface area (Å²) in [6, 6.07) is 1.97. The summed E-state index contributed by atoms with van der Waals surface area (Å²) in [5.41, 5.74) is 2.12. The molecule has 2 saturated carbocycles. The molecule has 21 heavy (non-hydrogen) atoms. The molecule has 0 aromatic carbocycles. The van der Waals surface area contributed by atoms with Gasteiger partial charge in [0.1, 0.15) is 5.56 Å². The van der Waals surface area contributed by atoms with E-state index in [0.717, 1.165) is 31.2 Å². The number of hydrogen-bond donors (Lipinski definition) is 2. The Kier molecular flexibility index (Phi) is 2.40. The van der Waals surface area contributed by atoms with E-state index in [0.29, 0.717) is 17.4 Å². The third-order valence-corrected chi connectivity index (χ3v) is 4.29. The lowest BCUT2D eigenvalue weighted by Gasteiger charge is -2.10. The van der Waals surface area contributed by atoms with Crippen LogP contribution < -0.4 is 0 Å². The Morgan fingerprint density at radius 1 is 1.10 bits per heavy atom. The third kappa shape index (κ3) is 1.82. The number of aromatic carboxylic acids is 2. The second kappa shape index (κ2) is 4.07. The molecule has 0 radical (unpaired) electrons. The molecule has 2 N–H and O–H groups in total. The summed E-state index contributed by atoms with van der Waals surface area (Å²) in [6.07, 6.45) is 6.00. The number of pyridine rings is 1. The van der Waals surface area contributed by atoms with Crippen LogP contribution in [-0.2, 0) is 0 Å². The smallest absolute Gasteiger partial charge is 0.357 e. The standard InChI is InChI=1S/C15H14N2O4/c18-14(19)11-12(15(20)21)16-17-6-5-9(7-1-2-7)10(13(11)17)8-3-4-8/h5-8H,1-4H2,(H,18,19)(H,20,21). The first kappa shape index (κ1) is 12.4. The van der Waals surface area contributed by atoms with E-state index in [1.165, 1.54) is 10.1 Å². The minimum Gasteiger partial charge on any atom is -0.478 e. The highest BCUT2D eigenvalue weighted by atomic mass is 16.4. The second-order valence-corrected chi connectivity index (χ2v) is 5.86. The molecule has 2 heterocycles. The topological polar surface area (TPSA) is 91.9 Å². The largest absolute Gasteiger partial charge is 0.478 e. The van der Waals surface area contributed by atoms with Gasteiger partial charge in [0.05, 0.1) is 5.52 Å². The quantitative estimate of drug-likeness (QED) is 0.900. The Morgan fingerprint density at radius 3 is 2.29 bits per heavy atom. The third-order valence-electron chi connectivity index (χ3n) is 4.29. The van der Waals surface area contributed by atoms with Crippen molar-refractivity contribution in [1.82, 2.24) is 9.61 Å². The van der Waals surface area contributed by atoms with E-state index in [-0.39, 0.29) is 11.3 Å². The van der Waals surface area contributed by atoms with Crippen LogP contribution in [-0.4, -0.2) is 31.8 Å². The van der Waals surface area contributed by atoms with Crippen LogP contribution in [0.1, 0.15) is 69.5 Å². The van der Waals surface area contributed by atoms with Crippen molar-refractivity contribution in [3.8, 4) is 0 Å². The van der Waals surface area contributed by atoms with Gasteiger partial charge in [-0.05, 0) is 54.7 Å². The number of fused-ring (bicyclic) bond motifs is 1. The molecule has 0 atom stereocenters. The predicted molar refractivity (Wildman–Crippen MR) is 73.1 cm³/mol. The van der Waals surface area contributed by atoms with Crippen LogP contribution in [0.2, 0.25) is 0 Å². The normalized spacial score (nSPS) is 18.1. The maximum absolute atomic E-state index is 11.6. The fraction of sp³-hybridized carbons (Fsp3) is 0.400. The fourth-order valence-electron chi connectivity index (χ4n) is 3.08. The molecule has 0 spiro atoms. The van der Waals surface area contributed by atoms with E-state index in [1.807, 2.05) is 6.07 Å². The number of nitrogens with zero attached hydrogens (tertiary/aromatic N) is 2. The van der Waals surface area contributed by atoms with Crippen molar-refractivity contribution in [2.75, 3.05) is 0 Å². The molecule has 2 aromatic rings. The lowest BCUT2D eigenvalue weighted by atomic mass is 9.97. The first-order chi connectivity index (χ1) is 10.1. The molecule has 0 aliphatic heterocycles. The summed E-state index contributed by atoms with van der Waals surface area (Å²) < 4.78 is 1.42. The number of carboxylic acid groups (broad SMARTS) is 2. The van der Waals surface area contributed by atoms with E-state index >= 15 is 0 Å². The minimum absolute atomic E-state index is 0.174. The second-order valence-electron chi connectivity index (χ2n) is 5.86. The summed E-state index contributed by atoms with van der Waals surface area (Å²) >= 11 is 0. The number of hydrogen-bond acceptors (Lipinski definition) is 3. The molecule has 2 aliphatic carbocycles. The van der Waals surface area contributed by atoms with Crippen molar-refractivity contribution in [3.63, 3.8) is 0 Å². The van der Waals surface area contributed by atoms with Gasteiger partial charge >= 0.3 is 11.9 Å². The van der Waals surface area contributed by atoms with E-state index in [2.05, 4.69) is 5.10 Å². The summed E-state index contributed by atoms with van der Waals surface area (Å²) in [5.74, 6) is -1.68.